The Kier molecular flexibility index (Phi) is 6.65. The van der Waals surface area contributed by atoms with Gasteiger partial charge < -0.3 is 19.9 Å². The fraction of sp³-hybridized carbons (Fsp3) is 0.385. The van der Waals surface area contributed by atoms with E-state index in [0.717, 1.165) is 54.8 Å². The number of anilines is 2. The van der Waals surface area contributed by atoms with Crippen LogP contribution in [0.25, 0.3) is 11.2 Å². The molecule has 0 spiro atoms. The monoisotopic (exact) mass is 474 g/mol. The number of aromatic nitrogens is 3. The number of piperidine rings is 1. The molecule has 2 aromatic heterocycles. The van der Waals surface area contributed by atoms with Gasteiger partial charge in [-0.25, -0.2) is 9.31 Å². The standard InChI is InChI=1S/C26H30N6O3/c1-2-35-26(34)31-17-12-19(13-18-31)22-7-6-16-32-23(22)28-25(29-32)27-21-10-8-20(9-11-21)24(33)30-14-4-3-5-15-30/h6-12,16H,2-5,13-15,17-18H2,1H3,(H,27,29). The third-order valence-corrected chi connectivity index (χ3v) is 6.47. The second kappa shape index (κ2) is 10.2. The van der Waals surface area contributed by atoms with Crippen molar-refractivity contribution in [2.45, 2.75) is 32.6 Å². The predicted octanol–water partition coefficient (Wildman–Crippen LogP) is 4.34. The average Bonchev–Trinajstić information content (AvgIpc) is 3.32. The Bertz CT molecular complexity index is 1240. The van der Waals surface area contributed by atoms with Crippen molar-refractivity contribution in [1.29, 1.82) is 0 Å². The third-order valence-electron chi connectivity index (χ3n) is 6.47. The summed E-state index contributed by atoms with van der Waals surface area (Å²) in [5, 5.41) is 7.82. The van der Waals surface area contributed by atoms with Gasteiger partial charge in [-0.1, -0.05) is 6.08 Å². The molecule has 3 aromatic rings. The van der Waals surface area contributed by atoms with Crippen LogP contribution in [0.15, 0.2) is 48.7 Å². The molecule has 0 unspecified atom stereocenters. The zero-order chi connectivity index (χ0) is 24.2. The van der Waals surface area contributed by atoms with Crippen LogP contribution in [0.5, 0.6) is 0 Å². The van der Waals surface area contributed by atoms with Crippen molar-refractivity contribution >= 4 is 34.9 Å². The van der Waals surface area contributed by atoms with Crippen LogP contribution in [0.4, 0.5) is 16.4 Å². The maximum Gasteiger partial charge on any atom is 0.410 e. The second-order valence-electron chi connectivity index (χ2n) is 8.80. The Morgan fingerprint density at radius 3 is 2.54 bits per heavy atom. The first kappa shape index (κ1) is 22.9. The zero-order valence-corrected chi connectivity index (χ0v) is 19.9. The first-order valence-electron chi connectivity index (χ1n) is 12.3. The number of amides is 2. The quantitative estimate of drug-likeness (QED) is 0.591. The van der Waals surface area contributed by atoms with Crippen LogP contribution >= 0.6 is 0 Å². The first-order valence-corrected chi connectivity index (χ1v) is 12.3. The molecule has 1 saturated heterocycles. The smallest absolute Gasteiger partial charge is 0.410 e. The molecule has 4 heterocycles. The lowest BCUT2D eigenvalue weighted by Gasteiger charge is -2.26. The predicted molar refractivity (Wildman–Crippen MR) is 134 cm³/mol. The minimum atomic E-state index is -0.279. The highest BCUT2D eigenvalue weighted by atomic mass is 16.6. The average molecular weight is 475 g/mol. The van der Waals surface area contributed by atoms with E-state index < -0.39 is 0 Å². The molecule has 1 aromatic carbocycles. The SMILES string of the molecule is CCOC(=O)N1CC=C(c2cccn3nc(Nc4ccc(C(=O)N5CCCCC5)cc4)nc23)CC1. The summed E-state index contributed by atoms with van der Waals surface area (Å²) in [6.07, 6.45) is 7.71. The number of hydrogen-bond acceptors (Lipinski definition) is 6. The van der Waals surface area contributed by atoms with Gasteiger partial charge in [-0.15, -0.1) is 5.10 Å². The minimum absolute atomic E-state index is 0.0917. The van der Waals surface area contributed by atoms with E-state index in [2.05, 4.69) is 16.5 Å². The van der Waals surface area contributed by atoms with E-state index in [1.165, 1.54) is 6.42 Å². The van der Waals surface area contributed by atoms with Crippen molar-refractivity contribution in [1.82, 2.24) is 24.4 Å². The van der Waals surface area contributed by atoms with Crippen LogP contribution in [-0.2, 0) is 4.74 Å². The van der Waals surface area contributed by atoms with Gasteiger partial charge in [0, 0.05) is 49.2 Å². The van der Waals surface area contributed by atoms with Gasteiger partial charge in [-0.3, -0.25) is 4.79 Å². The molecule has 2 aliphatic heterocycles. The molecule has 0 atom stereocenters. The fourth-order valence-corrected chi connectivity index (χ4v) is 4.61. The largest absolute Gasteiger partial charge is 0.450 e. The van der Waals surface area contributed by atoms with E-state index in [-0.39, 0.29) is 12.0 Å². The molecule has 1 N–H and O–H groups in total. The van der Waals surface area contributed by atoms with Gasteiger partial charge in [-0.05, 0) is 74.6 Å². The molecule has 182 valence electrons. The van der Waals surface area contributed by atoms with Crippen LogP contribution in [0.1, 0.15) is 48.5 Å². The molecule has 2 amide bonds. The Morgan fingerprint density at radius 2 is 1.83 bits per heavy atom. The number of ether oxygens (including phenoxy) is 1. The van der Waals surface area contributed by atoms with Crippen molar-refractivity contribution in [3.05, 3.63) is 59.8 Å². The number of hydrogen-bond donors (Lipinski definition) is 1. The molecule has 0 saturated carbocycles. The number of pyridine rings is 1. The van der Waals surface area contributed by atoms with Crippen molar-refractivity contribution in [3.63, 3.8) is 0 Å². The van der Waals surface area contributed by atoms with E-state index in [1.54, 1.807) is 9.42 Å². The molecule has 9 nitrogen and oxygen atoms in total. The number of carbonyl (C=O) groups is 2. The van der Waals surface area contributed by atoms with Gasteiger partial charge in [0.05, 0.1) is 6.61 Å². The van der Waals surface area contributed by atoms with E-state index in [4.69, 9.17) is 9.72 Å². The van der Waals surface area contributed by atoms with E-state index in [9.17, 15) is 9.59 Å². The van der Waals surface area contributed by atoms with Crippen molar-refractivity contribution in [2.75, 3.05) is 38.1 Å². The van der Waals surface area contributed by atoms with Crippen molar-refractivity contribution < 1.29 is 14.3 Å². The molecule has 2 aliphatic rings. The molecule has 0 aliphatic carbocycles. The Balaban J connectivity index is 1.30. The third kappa shape index (κ3) is 4.99. The number of fused-ring (bicyclic) bond motifs is 1. The fourth-order valence-electron chi connectivity index (χ4n) is 4.61. The highest BCUT2D eigenvalue weighted by Gasteiger charge is 2.21. The Labute approximate surface area is 204 Å². The van der Waals surface area contributed by atoms with Crippen LogP contribution in [-0.4, -0.2) is 69.2 Å². The van der Waals surface area contributed by atoms with Crippen molar-refractivity contribution in [3.8, 4) is 0 Å². The molecular formula is C26H30N6O3. The lowest BCUT2D eigenvalue weighted by Crippen LogP contribution is -2.35. The summed E-state index contributed by atoms with van der Waals surface area (Å²) in [6, 6.07) is 11.4. The zero-order valence-electron chi connectivity index (χ0n) is 19.9. The summed E-state index contributed by atoms with van der Waals surface area (Å²) in [4.78, 5) is 33.0. The summed E-state index contributed by atoms with van der Waals surface area (Å²) in [5.41, 5.74) is 4.40. The summed E-state index contributed by atoms with van der Waals surface area (Å²) in [6.45, 7) is 4.97. The maximum atomic E-state index is 12.7. The topological polar surface area (TPSA) is 92.1 Å². The maximum absolute atomic E-state index is 12.7. The number of likely N-dealkylation sites (tertiary alicyclic amines) is 1. The van der Waals surface area contributed by atoms with Crippen molar-refractivity contribution in [2.24, 2.45) is 0 Å². The van der Waals surface area contributed by atoms with Gasteiger partial charge >= 0.3 is 6.09 Å². The Morgan fingerprint density at radius 1 is 1.03 bits per heavy atom. The molecule has 0 radical (unpaired) electrons. The Hall–Kier alpha value is -3.88. The van der Waals surface area contributed by atoms with Gasteiger partial charge in [-0.2, -0.15) is 4.98 Å². The van der Waals surface area contributed by atoms with Crippen LogP contribution < -0.4 is 5.32 Å². The first-order chi connectivity index (χ1) is 17.1. The lowest BCUT2D eigenvalue weighted by molar-refractivity contribution is 0.0724. The highest BCUT2D eigenvalue weighted by Crippen LogP contribution is 2.27. The van der Waals surface area contributed by atoms with Gasteiger partial charge in [0.15, 0.2) is 5.65 Å². The number of nitrogens with one attached hydrogen (secondary N) is 1. The van der Waals surface area contributed by atoms with E-state index in [0.29, 0.717) is 31.2 Å². The molecule has 5 rings (SSSR count). The van der Waals surface area contributed by atoms with Crippen LogP contribution in [0.2, 0.25) is 0 Å². The minimum Gasteiger partial charge on any atom is -0.450 e. The molecule has 1 fully saturated rings. The van der Waals surface area contributed by atoms with Gasteiger partial charge in [0.25, 0.3) is 5.91 Å². The highest BCUT2D eigenvalue weighted by molar-refractivity contribution is 5.94. The van der Waals surface area contributed by atoms with Crippen LogP contribution in [0.3, 0.4) is 0 Å². The van der Waals surface area contributed by atoms with E-state index in [1.807, 2.05) is 54.4 Å². The van der Waals surface area contributed by atoms with Gasteiger partial charge in [0.1, 0.15) is 0 Å². The molecule has 9 heteroatoms. The number of rotatable bonds is 5. The normalized spacial score (nSPS) is 16.2. The number of benzene rings is 1. The number of carbonyl (C=O) groups excluding carboxylic acids is 2. The van der Waals surface area contributed by atoms with E-state index >= 15 is 0 Å². The summed E-state index contributed by atoms with van der Waals surface area (Å²) in [7, 11) is 0. The molecular weight excluding hydrogens is 444 g/mol. The van der Waals surface area contributed by atoms with Crippen LogP contribution in [0, 0.1) is 0 Å². The summed E-state index contributed by atoms with van der Waals surface area (Å²) >= 11 is 0. The molecule has 35 heavy (non-hydrogen) atoms. The summed E-state index contributed by atoms with van der Waals surface area (Å²) < 4.78 is 6.86. The summed E-state index contributed by atoms with van der Waals surface area (Å²) in [5.74, 6) is 0.575. The lowest BCUT2D eigenvalue weighted by atomic mass is 10.0. The van der Waals surface area contributed by atoms with Gasteiger partial charge in [0.2, 0.25) is 5.95 Å². The second-order valence-corrected chi connectivity index (χ2v) is 8.80. The molecule has 0 bridgehead atoms. The number of nitrogens with zero attached hydrogens (tertiary/aromatic N) is 5.